The lowest BCUT2D eigenvalue weighted by Gasteiger charge is -2.35. The second-order valence-corrected chi connectivity index (χ2v) is 7.75. The quantitative estimate of drug-likeness (QED) is 0.810. The van der Waals surface area contributed by atoms with Crippen molar-refractivity contribution in [2.75, 3.05) is 19.6 Å². The molecular formula is C22H26N4O3. The molecule has 1 fully saturated rings. The number of nitrogens with zero attached hydrogens (tertiary/aromatic N) is 3. The predicted octanol–water partition coefficient (Wildman–Crippen LogP) is 2.26. The van der Waals surface area contributed by atoms with Crippen LogP contribution in [0.3, 0.4) is 0 Å². The number of carbonyl (C=O) groups is 2. The molecule has 2 aromatic rings. The van der Waals surface area contributed by atoms with Gasteiger partial charge in [-0.1, -0.05) is 30.3 Å². The van der Waals surface area contributed by atoms with Gasteiger partial charge in [-0.25, -0.2) is 0 Å². The molecule has 29 heavy (non-hydrogen) atoms. The van der Waals surface area contributed by atoms with Gasteiger partial charge in [0.05, 0.1) is 18.8 Å². The molecule has 0 spiro atoms. The van der Waals surface area contributed by atoms with Crippen molar-refractivity contribution in [3.63, 3.8) is 0 Å². The summed E-state index contributed by atoms with van der Waals surface area (Å²) in [5, 5.41) is 7.30. The number of rotatable bonds is 3. The number of H-pyrrole nitrogens is 1. The number of aromatic nitrogens is 2. The number of carbonyl (C=O) groups excluding carboxylic acids is 2. The highest BCUT2D eigenvalue weighted by Gasteiger charge is 2.32. The zero-order valence-electron chi connectivity index (χ0n) is 16.8. The number of fused-ring (bicyclic) bond motifs is 1. The molecule has 2 aliphatic heterocycles. The van der Waals surface area contributed by atoms with Crippen LogP contribution in [0.1, 0.15) is 41.2 Å². The first kappa shape index (κ1) is 19.4. The molecule has 7 heteroatoms. The maximum Gasteiger partial charge on any atom is 0.274 e. The van der Waals surface area contributed by atoms with Gasteiger partial charge in [-0.15, -0.1) is 0 Å². The average Bonchev–Trinajstić information content (AvgIpc) is 3.14. The molecule has 2 atom stereocenters. The van der Waals surface area contributed by atoms with Crippen molar-refractivity contribution in [2.45, 2.75) is 39.0 Å². The van der Waals surface area contributed by atoms with E-state index in [0.717, 1.165) is 16.8 Å². The van der Waals surface area contributed by atoms with E-state index in [-0.39, 0.29) is 24.0 Å². The van der Waals surface area contributed by atoms with Crippen LogP contribution in [0.5, 0.6) is 0 Å². The SMILES string of the molecule is CC1CN(C(=O)c2n[nH]c3c2CN(C(=O)/C=C/c2ccccc2)CC3)CC(C)O1. The van der Waals surface area contributed by atoms with Crippen LogP contribution in [0.4, 0.5) is 0 Å². The number of hydrogen-bond acceptors (Lipinski definition) is 4. The Hall–Kier alpha value is -2.93. The molecule has 0 aliphatic carbocycles. The zero-order chi connectivity index (χ0) is 20.4. The average molecular weight is 394 g/mol. The maximum atomic E-state index is 13.1. The highest BCUT2D eigenvalue weighted by molar-refractivity contribution is 5.95. The second-order valence-electron chi connectivity index (χ2n) is 7.75. The zero-order valence-corrected chi connectivity index (χ0v) is 16.8. The molecule has 152 valence electrons. The summed E-state index contributed by atoms with van der Waals surface area (Å²) in [6, 6.07) is 9.73. The van der Waals surface area contributed by atoms with Gasteiger partial charge in [0.2, 0.25) is 5.91 Å². The minimum Gasteiger partial charge on any atom is -0.372 e. The molecule has 7 nitrogen and oxygen atoms in total. The molecule has 1 saturated heterocycles. The number of ether oxygens (including phenoxy) is 1. The predicted molar refractivity (Wildman–Crippen MR) is 109 cm³/mol. The Morgan fingerprint density at radius 2 is 1.86 bits per heavy atom. The fourth-order valence-electron chi connectivity index (χ4n) is 3.99. The molecule has 1 aromatic carbocycles. The first-order valence-electron chi connectivity index (χ1n) is 10.0. The van der Waals surface area contributed by atoms with Gasteiger partial charge in [-0.3, -0.25) is 14.7 Å². The van der Waals surface area contributed by atoms with Crippen molar-refractivity contribution in [3.8, 4) is 0 Å². The minimum absolute atomic E-state index is 0.00123. The summed E-state index contributed by atoms with van der Waals surface area (Å²) < 4.78 is 5.73. The molecule has 1 N–H and O–H groups in total. The fraction of sp³-hybridized carbons (Fsp3) is 0.409. The number of amides is 2. The third-order valence-electron chi connectivity index (χ3n) is 5.37. The lowest BCUT2D eigenvalue weighted by molar-refractivity contribution is -0.126. The number of aromatic amines is 1. The van der Waals surface area contributed by atoms with Gasteiger partial charge in [-0.2, -0.15) is 5.10 Å². The van der Waals surface area contributed by atoms with Crippen molar-refractivity contribution in [2.24, 2.45) is 0 Å². The summed E-state index contributed by atoms with van der Waals surface area (Å²) in [5.41, 5.74) is 3.17. The third kappa shape index (κ3) is 4.24. The van der Waals surface area contributed by atoms with Gasteiger partial charge in [0.25, 0.3) is 5.91 Å². The molecule has 2 unspecified atom stereocenters. The highest BCUT2D eigenvalue weighted by Crippen LogP contribution is 2.23. The molecule has 0 bridgehead atoms. The van der Waals surface area contributed by atoms with Crippen molar-refractivity contribution in [1.82, 2.24) is 20.0 Å². The van der Waals surface area contributed by atoms with Crippen LogP contribution >= 0.6 is 0 Å². The van der Waals surface area contributed by atoms with Crippen molar-refractivity contribution in [3.05, 3.63) is 58.9 Å². The van der Waals surface area contributed by atoms with E-state index < -0.39 is 0 Å². The van der Waals surface area contributed by atoms with E-state index in [4.69, 9.17) is 4.74 Å². The Balaban J connectivity index is 1.48. The first-order valence-corrected chi connectivity index (χ1v) is 10.0. The van der Waals surface area contributed by atoms with E-state index in [1.165, 1.54) is 0 Å². The molecular weight excluding hydrogens is 368 g/mol. The van der Waals surface area contributed by atoms with Gasteiger partial charge in [-0.05, 0) is 25.5 Å². The molecule has 0 saturated carbocycles. The third-order valence-corrected chi connectivity index (χ3v) is 5.37. The van der Waals surface area contributed by atoms with Gasteiger partial charge in [0.15, 0.2) is 5.69 Å². The van der Waals surface area contributed by atoms with Crippen LogP contribution in [-0.4, -0.2) is 63.7 Å². The van der Waals surface area contributed by atoms with Crippen LogP contribution in [0, 0.1) is 0 Å². The summed E-state index contributed by atoms with van der Waals surface area (Å²) in [4.78, 5) is 29.3. The molecule has 0 radical (unpaired) electrons. The fourth-order valence-corrected chi connectivity index (χ4v) is 3.99. The highest BCUT2D eigenvalue weighted by atomic mass is 16.5. The van der Waals surface area contributed by atoms with E-state index in [2.05, 4.69) is 10.2 Å². The Morgan fingerprint density at radius 3 is 2.59 bits per heavy atom. The first-order chi connectivity index (χ1) is 14.0. The van der Waals surface area contributed by atoms with Crippen molar-refractivity contribution < 1.29 is 14.3 Å². The Kier molecular flexibility index (Phi) is 5.49. The van der Waals surface area contributed by atoms with Gasteiger partial charge in [0.1, 0.15) is 0 Å². The second kappa shape index (κ2) is 8.21. The van der Waals surface area contributed by atoms with Crippen molar-refractivity contribution >= 4 is 17.9 Å². The number of hydrogen-bond donors (Lipinski definition) is 1. The number of benzene rings is 1. The minimum atomic E-state index is -0.0985. The van der Waals surface area contributed by atoms with Crippen LogP contribution < -0.4 is 0 Å². The van der Waals surface area contributed by atoms with Gasteiger partial charge in [0, 0.05) is 43.4 Å². The van der Waals surface area contributed by atoms with Gasteiger partial charge < -0.3 is 14.5 Å². The molecule has 4 rings (SSSR count). The lowest BCUT2D eigenvalue weighted by Crippen LogP contribution is -2.48. The van der Waals surface area contributed by atoms with E-state index in [9.17, 15) is 9.59 Å². The van der Waals surface area contributed by atoms with Crippen LogP contribution in [0.2, 0.25) is 0 Å². The normalized spacial score (nSPS) is 22.0. The van der Waals surface area contributed by atoms with E-state index in [0.29, 0.717) is 38.3 Å². The van der Waals surface area contributed by atoms with E-state index in [1.54, 1.807) is 15.9 Å². The molecule has 1 aromatic heterocycles. The standard InChI is InChI=1S/C22H26N4O3/c1-15-12-26(13-16(2)29-15)22(28)21-18-14-25(11-10-19(18)23-24-21)20(27)9-8-17-6-4-3-5-7-17/h3-9,15-16H,10-14H2,1-2H3,(H,23,24)/b9-8+. The van der Waals surface area contributed by atoms with Gasteiger partial charge >= 0.3 is 0 Å². The maximum absolute atomic E-state index is 13.1. The lowest BCUT2D eigenvalue weighted by atomic mass is 10.0. The van der Waals surface area contributed by atoms with Crippen molar-refractivity contribution in [1.29, 1.82) is 0 Å². The van der Waals surface area contributed by atoms with Crippen LogP contribution in [-0.2, 0) is 22.5 Å². The van der Waals surface area contributed by atoms with E-state index >= 15 is 0 Å². The molecule has 3 heterocycles. The Bertz CT molecular complexity index is 911. The number of morpholine rings is 1. The molecule has 2 amide bonds. The Labute approximate surface area is 170 Å². The largest absolute Gasteiger partial charge is 0.372 e. The number of nitrogens with one attached hydrogen (secondary N) is 1. The summed E-state index contributed by atoms with van der Waals surface area (Å²) in [6.07, 6.45) is 4.07. The monoisotopic (exact) mass is 394 g/mol. The summed E-state index contributed by atoms with van der Waals surface area (Å²) in [7, 11) is 0. The Morgan fingerprint density at radius 1 is 1.14 bits per heavy atom. The summed E-state index contributed by atoms with van der Waals surface area (Å²) in [5.74, 6) is -0.161. The van der Waals surface area contributed by atoms with E-state index in [1.807, 2.05) is 50.3 Å². The van der Waals surface area contributed by atoms with Crippen LogP contribution in [0.25, 0.3) is 6.08 Å². The molecule has 2 aliphatic rings. The topological polar surface area (TPSA) is 78.5 Å². The summed E-state index contributed by atoms with van der Waals surface area (Å²) in [6.45, 7) is 6.03. The summed E-state index contributed by atoms with van der Waals surface area (Å²) >= 11 is 0. The smallest absolute Gasteiger partial charge is 0.274 e. The van der Waals surface area contributed by atoms with Crippen LogP contribution in [0.15, 0.2) is 36.4 Å².